The first-order valence-corrected chi connectivity index (χ1v) is 12.3. The third-order valence-corrected chi connectivity index (χ3v) is 6.00. The molecule has 3 aromatic rings. The molecule has 0 fully saturated rings. The smallest absolute Gasteiger partial charge is 0.257 e. The van der Waals surface area contributed by atoms with Gasteiger partial charge in [-0.25, -0.2) is 13.1 Å². The van der Waals surface area contributed by atoms with Crippen LogP contribution in [-0.4, -0.2) is 20.2 Å². The van der Waals surface area contributed by atoms with Crippen molar-refractivity contribution in [3.05, 3.63) is 120 Å². The number of hydrogen-bond acceptors (Lipinski definition) is 4. The number of hydrogen-bond donors (Lipinski definition) is 1. The molecule has 1 unspecified atom stereocenters. The molecule has 2 amide bonds. The monoisotopic (exact) mass is 474 g/mol. The summed E-state index contributed by atoms with van der Waals surface area (Å²) in [5.41, 5.74) is 2.14. The summed E-state index contributed by atoms with van der Waals surface area (Å²) in [6, 6.07) is 27.1. The van der Waals surface area contributed by atoms with E-state index in [1.165, 1.54) is 17.1 Å². The lowest BCUT2D eigenvalue weighted by Crippen LogP contribution is -2.44. The Morgan fingerprint density at radius 1 is 0.882 bits per heavy atom. The average molecular weight is 475 g/mol. The summed E-state index contributed by atoms with van der Waals surface area (Å²) in [5.74, 6) is -2.69. The van der Waals surface area contributed by atoms with Crippen molar-refractivity contribution in [3.8, 4) is 0 Å². The second-order valence-electron chi connectivity index (χ2n) is 7.55. The summed E-state index contributed by atoms with van der Waals surface area (Å²) in [5, 5.41) is 0.911. The number of rotatable bonds is 10. The molecule has 7 heteroatoms. The van der Waals surface area contributed by atoms with Gasteiger partial charge in [-0.05, 0) is 35.8 Å². The van der Waals surface area contributed by atoms with E-state index in [1.807, 2.05) is 47.2 Å². The van der Waals surface area contributed by atoms with E-state index in [9.17, 15) is 18.0 Å². The Bertz CT molecular complexity index is 1240. The summed E-state index contributed by atoms with van der Waals surface area (Å²) in [4.78, 5) is 28.0. The molecule has 0 saturated heterocycles. The van der Waals surface area contributed by atoms with Gasteiger partial charge in [0.2, 0.25) is 11.8 Å². The van der Waals surface area contributed by atoms with Crippen LogP contribution >= 0.6 is 0 Å². The van der Waals surface area contributed by atoms with Crippen LogP contribution in [0.3, 0.4) is 0 Å². The summed E-state index contributed by atoms with van der Waals surface area (Å²) >= 11 is 0. The highest BCUT2D eigenvalue weighted by Gasteiger charge is 2.32. The Morgan fingerprint density at radius 2 is 1.44 bits per heavy atom. The first kappa shape index (κ1) is 24.7. The lowest BCUT2D eigenvalue weighted by Gasteiger charge is -2.27. The van der Waals surface area contributed by atoms with Gasteiger partial charge in [0.05, 0.1) is 12.0 Å². The Labute approximate surface area is 200 Å². The van der Waals surface area contributed by atoms with Crippen LogP contribution in [0.5, 0.6) is 0 Å². The van der Waals surface area contributed by atoms with Crippen molar-refractivity contribution in [2.45, 2.75) is 13.0 Å². The van der Waals surface area contributed by atoms with Gasteiger partial charge in [-0.1, -0.05) is 84.9 Å². The molecule has 0 saturated carbocycles. The normalized spacial score (nSPS) is 12.1. The maximum Gasteiger partial charge on any atom is 0.257 e. The van der Waals surface area contributed by atoms with E-state index in [4.69, 9.17) is 0 Å². The summed E-state index contributed by atoms with van der Waals surface area (Å²) in [6.45, 7) is 3.87. The highest BCUT2D eigenvalue weighted by atomic mass is 32.2. The summed E-state index contributed by atoms with van der Waals surface area (Å²) < 4.78 is 27.0. The van der Waals surface area contributed by atoms with Gasteiger partial charge in [-0.15, -0.1) is 6.58 Å². The van der Waals surface area contributed by atoms with E-state index in [0.717, 1.165) is 11.0 Å². The minimum absolute atomic E-state index is 0.0132. The van der Waals surface area contributed by atoms with E-state index in [1.54, 1.807) is 48.5 Å². The number of carbonyl (C=O) groups excluding carboxylic acids is 2. The molecule has 0 bridgehead atoms. The van der Waals surface area contributed by atoms with Crippen LogP contribution in [0, 0.1) is 5.92 Å². The van der Waals surface area contributed by atoms with E-state index < -0.39 is 27.8 Å². The number of benzene rings is 3. The molecule has 0 radical (unpaired) electrons. The summed E-state index contributed by atoms with van der Waals surface area (Å²) in [6.07, 6.45) is 2.80. The molecule has 0 heterocycles. The Morgan fingerprint density at radius 3 is 2.03 bits per heavy atom. The zero-order valence-corrected chi connectivity index (χ0v) is 19.4. The number of sulfonamides is 1. The molecule has 1 N–H and O–H groups in total. The molecule has 0 spiro atoms. The van der Waals surface area contributed by atoms with Crippen molar-refractivity contribution in [2.75, 3.05) is 4.90 Å². The molecule has 3 rings (SSSR count). The van der Waals surface area contributed by atoms with Gasteiger partial charge in [0, 0.05) is 5.69 Å². The number of allylic oxidation sites excluding steroid dienone is 1. The molecule has 0 aliphatic carbocycles. The Kier molecular flexibility index (Phi) is 8.54. The topological polar surface area (TPSA) is 83.5 Å². The molecular formula is C27H26N2O4S. The third-order valence-electron chi connectivity index (χ3n) is 5.02. The van der Waals surface area contributed by atoms with E-state index >= 15 is 0 Å². The number of anilines is 1. The molecular weight excluding hydrogens is 448 g/mol. The number of carbonyl (C=O) groups is 2. The van der Waals surface area contributed by atoms with Gasteiger partial charge in [0.1, 0.15) is 5.92 Å². The molecule has 174 valence electrons. The van der Waals surface area contributed by atoms with Gasteiger partial charge in [0.15, 0.2) is 0 Å². The first-order valence-electron chi connectivity index (χ1n) is 10.7. The van der Waals surface area contributed by atoms with Gasteiger partial charge in [0.25, 0.3) is 10.0 Å². The number of nitrogens with one attached hydrogen (secondary N) is 1. The third kappa shape index (κ3) is 7.02. The minimum atomic E-state index is -4.11. The fourth-order valence-electron chi connectivity index (χ4n) is 3.32. The van der Waals surface area contributed by atoms with Crippen molar-refractivity contribution in [1.29, 1.82) is 0 Å². The summed E-state index contributed by atoms with van der Waals surface area (Å²) in [7, 11) is -4.11. The van der Waals surface area contributed by atoms with E-state index in [0.29, 0.717) is 11.3 Å². The quantitative estimate of drug-likeness (QED) is 0.346. The van der Waals surface area contributed by atoms with Crippen LogP contribution in [0.15, 0.2) is 109 Å². The van der Waals surface area contributed by atoms with E-state index in [2.05, 4.69) is 6.58 Å². The zero-order valence-electron chi connectivity index (χ0n) is 18.6. The van der Waals surface area contributed by atoms with E-state index in [-0.39, 0.29) is 13.0 Å². The minimum Gasteiger partial charge on any atom is -0.307 e. The highest BCUT2D eigenvalue weighted by Crippen LogP contribution is 2.22. The van der Waals surface area contributed by atoms with Gasteiger partial charge >= 0.3 is 0 Å². The fourth-order valence-corrected chi connectivity index (χ4v) is 4.15. The van der Waals surface area contributed by atoms with Gasteiger partial charge in [-0.3, -0.25) is 9.59 Å². The molecule has 0 aliphatic heterocycles. The lowest BCUT2D eigenvalue weighted by atomic mass is 10.0. The predicted octanol–water partition coefficient (Wildman–Crippen LogP) is 4.53. The van der Waals surface area contributed by atoms with Gasteiger partial charge in [-0.2, -0.15) is 0 Å². The Hall–Kier alpha value is -3.97. The second kappa shape index (κ2) is 11.8. The van der Waals surface area contributed by atoms with Crippen molar-refractivity contribution in [1.82, 2.24) is 4.72 Å². The molecule has 0 aliphatic rings. The van der Waals surface area contributed by atoms with Crippen molar-refractivity contribution in [3.63, 3.8) is 0 Å². The van der Waals surface area contributed by atoms with Crippen molar-refractivity contribution < 1.29 is 18.0 Å². The maximum absolute atomic E-state index is 13.5. The SMILES string of the molecule is C=CCC(C(=O)NS(=O)(=O)C=Cc1ccccc1)C(=O)N(Cc1ccccc1)c1ccccc1. The lowest BCUT2D eigenvalue weighted by molar-refractivity contribution is -0.132. The maximum atomic E-state index is 13.5. The predicted molar refractivity (Wildman–Crippen MR) is 135 cm³/mol. The zero-order chi connectivity index (χ0) is 24.4. The number of amides is 2. The van der Waals surface area contributed by atoms with Crippen LogP contribution in [-0.2, 0) is 26.2 Å². The van der Waals surface area contributed by atoms with Crippen LogP contribution in [0.2, 0.25) is 0 Å². The molecule has 3 aromatic carbocycles. The van der Waals surface area contributed by atoms with Crippen LogP contribution in [0.4, 0.5) is 5.69 Å². The Balaban J connectivity index is 1.84. The highest BCUT2D eigenvalue weighted by molar-refractivity contribution is 7.93. The largest absolute Gasteiger partial charge is 0.307 e. The fraction of sp³-hybridized carbons (Fsp3) is 0.111. The molecule has 6 nitrogen and oxygen atoms in total. The van der Waals surface area contributed by atoms with Crippen molar-refractivity contribution in [2.24, 2.45) is 5.92 Å². The second-order valence-corrected chi connectivity index (χ2v) is 9.11. The molecule has 0 aromatic heterocycles. The van der Waals surface area contributed by atoms with Crippen LogP contribution < -0.4 is 9.62 Å². The number of para-hydroxylation sites is 1. The molecule has 34 heavy (non-hydrogen) atoms. The van der Waals surface area contributed by atoms with Crippen LogP contribution in [0.1, 0.15) is 17.5 Å². The van der Waals surface area contributed by atoms with Gasteiger partial charge < -0.3 is 4.90 Å². The first-order chi connectivity index (χ1) is 16.4. The van der Waals surface area contributed by atoms with Crippen LogP contribution in [0.25, 0.3) is 6.08 Å². The average Bonchev–Trinajstić information content (AvgIpc) is 2.86. The molecule has 1 atom stereocenters. The number of nitrogens with zero attached hydrogens (tertiary/aromatic N) is 1. The van der Waals surface area contributed by atoms with Crippen molar-refractivity contribution >= 4 is 33.6 Å². The standard InChI is InChI=1S/C27H26N2O4S/c1-2-12-25(26(30)28-34(32,33)20-19-22-13-6-3-7-14-22)27(31)29(24-17-10-5-11-18-24)21-23-15-8-4-9-16-23/h2-11,13-20,25H,1,12,21H2,(H,28,30).